The van der Waals surface area contributed by atoms with Gasteiger partial charge in [0.15, 0.2) is 0 Å². The first-order chi connectivity index (χ1) is 13.0. The molecule has 0 amide bonds. The minimum atomic E-state index is -0.527. The SMILES string of the molecule is N#C/C(=C/c1ccc(-c2ccc([N+](=O)[O-])cc2Cl)o1)c1cccc(C#N)c1. The van der Waals surface area contributed by atoms with Crippen LogP contribution in [-0.2, 0) is 0 Å². The maximum absolute atomic E-state index is 10.8. The van der Waals surface area contributed by atoms with Gasteiger partial charge in [0.1, 0.15) is 11.5 Å². The second-order valence-corrected chi connectivity index (χ2v) is 5.89. The maximum atomic E-state index is 10.8. The van der Waals surface area contributed by atoms with Crippen molar-refractivity contribution in [1.29, 1.82) is 10.5 Å². The Morgan fingerprint density at radius 3 is 2.63 bits per heavy atom. The van der Waals surface area contributed by atoms with E-state index in [9.17, 15) is 15.4 Å². The average molecular weight is 376 g/mol. The van der Waals surface area contributed by atoms with Crippen LogP contribution in [0.15, 0.2) is 59.0 Å². The Morgan fingerprint density at radius 2 is 1.96 bits per heavy atom. The van der Waals surface area contributed by atoms with Gasteiger partial charge in [-0.1, -0.05) is 23.7 Å². The summed E-state index contributed by atoms with van der Waals surface area (Å²) in [4.78, 5) is 10.3. The van der Waals surface area contributed by atoms with Gasteiger partial charge in [0, 0.05) is 17.7 Å². The lowest BCUT2D eigenvalue weighted by Gasteiger charge is -2.01. The van der Waals surface area contributed by atoms with Crippen molar-refractivity contribution in [2.75, 3.05) is 0 Å². The van der Waals surface area contributed by atoms with Gasteiger partial charge in [0.25, 0.3) is 5.69 Å². The normalized spacial score (nSPS) is 10.9. The number of hydrogen-bond acceptors (Lipinski definition) is 5. The predicted molar refractivity (Wildman–Crippen MR) is 100 cm³/mol. The highest BCUT2D eigenvalue weighted by Gasteiger charge is 2.13. The highest BCUT2D eigenvalue weighted by Crippen LogP contribution is 2.33. The zero-order valence-electron chi connectivity index (χ0n) is 13.7. The number of rotatable bonds is 4. The Labute approximate surface area is 159 Å². The molecule has 130 valence electrons. The van der Waals surface area contributed by atoms with Crippen LogP contribution < -0.4 is 0 Å². The molecule has 3 rings (SSSR count). The fourth-order valence-corrected chi connectivity index (χ4v) is 2.74. The third-order valence-corrected chi connectivity index (χ3v) is 4.08. The van der Waals surface area contributed by atoms with Crippen molar-refractivity contribution in [3.8, 4) is 23.5 Å². The summed E-state index contributed by atoms with van der Waals surface area (Å²) in [5, 5.41) is 29.4. The number of hydrogen-bond donors (Lipinski definition) is 0. The van der Waals surface area contributed by atoms with E-state index in [0.717, 1.165) is 0 Å². The zero-order valence-corrected chi connectivity index (χ0v) is 14.5. The van der Waals surface area contributed by atoms with Gasteiger partial charge in [-0.3, -0.25) is 10.1 Å². The van der Waals surface area contributed by atoms with Gasteiger partial charge >= 0.3 is 0 Å². The molecule has 0 fully saturated rings. The molecule has 1 aromatic heterocycles. The van der Waals surface area contributed by atoms with Crippen molar-refractivity contribution >= 4 is 28.9 Å². The van der Waals surface area contributed by atoms with Gasteiger partial charge in [-0.15, -0.1) is 0 Å². The molecule has 27 heavy (non-hydrogen) atoms. The Bertz CT molecular complexity index is 1150. The minimum Gasteiger partial charge on any atom is -0.457 e. The molecular weight excluding hydrogens is 366 g/mol. The van der Waals surface area contributed by atoms with Crippen LogP contribution in [0.1, 0.15) is 16.9 Å². The molecule has 0 radical (unpaired) electrons. The number of furan rings is 1. The van der Waals surface area contributed by atoms with Crippen LogP contribution in [0.25, 0.3) is 23.0 Å². The molecule has 0 N–H and O–H groups in total. The number of allylic oxidation sites excluding steroid dienone is 1. The minimum absolute atomic E-state index is 0.112. The van der Waals surface area contributed by atoms with Crippen molar-refractivity contribution in [3.05, 3.63) is 86.6 Å². The molecule has 0 bridgehead atoms. The summed E-state index contributed by atoms with van der Waals surface area (Å²) in [5.74, 6) is 0.836. The van der Waals surface area contributed by atoms with E-state index in [2.05, 4.69) is 6.07 Å². The third kappa shape index (κ3) is 3.87. The Kier molecular flexibility index (Phi) is 5.03. The molecular formula is C20H10ClN3O3. The molecule has 0 spiro atoms. The van der Waals surface area contributed by atoms with Crippen LogP contribution in [0.5, 0.6) is 0 Å². The largest absolute Gasteiger partial charge is 0.457 e. The first-order valence-corrected chi connectivity index (χ1v) is 8.06. The number of nitro benzene ring substituents is 1. The fraction of sp³-hybridized carbons (Fsp3) is 0. The highest BCUT2D eigenvalue weighted by molar-refractivity contribution is 6.33. The van der Waals surface area contributed by atoms with E-state index < -0.39 is 4.92 Å². The standard InChI is InChI=1S/C20H10ClN3O3/c21-19-10-16(24(25)26)4-6-18(19)20-7-5-17(27-20)9-15(12-23)14-3-1-2-13(8-14)11-22/h1-10H/b15-9-. The van der Waals surface area contributed by atoms with Crippen molar-refractivity contribution in [3.63, 3.8) is 0 Å². The van der Waals surface area contributed by atoms with Crippen molar-refractivity contribution in [2.45, 2.75) is 0 Å². The van der Waals surface area contributed by atoms with Crippen LogP contribution in [0.4, 0.5) is 5.69 Å². The van der Waals surface area contributed by atoms with E-state index in [1.165, 1.54) is 18.2 Å². The van der Waals surface area contributed by atoms with E-state index in [0.29, 0.717) is 33.8 Å². The second-order valence-electron chi connectivity index (χ2n) is 5.49. The van der Waals surface area contributed by atoms with E-state index in [4.69, 9.17) is 21.3 Å². The summed E-state index contributed by atoms with van der Waals surface area (Å²) in [5.41, 5.74) is 1.78. The molecule has 0 saturated heterocycles. The van der Waals surface area contributed by atoms with E-state index in [-0.39, 0.29) is 10.7 Å². The number of benzene rings is 2. The lowest BCUT2D eigenvalue weighted by molar-refractivity contribution is -0.384. The molecule has 0 aliphatic rings. The summed E-state index contributed by atoms with van der Waals surface area (Å²) in [6.45, 7) is 0. The number of nitrogens with zero attached hydrogens (tertiary/aromatic N) is 3. The van der Waals surface area contributed by atoms with Crippen LogP contribution in [-0.4, -0.2) is 4.92 Å². The Balaban J connectivity index is 1.95. The predicted octanol–water partition coefficient (Wildman–Crippen LogP) is 5.44. The van der Waals surface area contributed by atoms with Gasteiger partial charge < -0.3 is 4.42 Å². The quantitative estimate of drug-likeness (QED) is 0.343. The molecule has 0 aliphatic heterocycles. The average Bonchev–Trinajstić information content (AvgIpc) is 3.14. The van der Waals surface area contributed by atoms with Crippen LogP contribution >= 0.6 is 11.6 Å². The molecule has 3 aromatic rings. The Morgan fingerprint density at radius 1 is 1.15 bits per heavy atom. The lowest BCUT2D eigenvalue weighted by atomic mass is 10.0. The summed E-state index contributed by atoms with van der Waals surface area (Å²) < 4.78 is 5.71. The highest BCUT2D eigenvalue weighted by atomic mass is 35.5. The van der Waals surface area contributed by atoms with Gasteiger partial charge in [0.05, 0.1) is 33.2 Å². The van der Waals surface area contributed by atoms with Gasteiger partial charge in [-0.05, 0) is 42.0 Å². The van der Waals surface area contributed by atoms with E-state index in [1.54, 1.807) is 42.5 Å². The summed E-state index contributed by atoms with van der Waals surface area (Å²) in [7, 11) is 0. The summed E-state index contributed by atoms with van der Waals surface area (Å²) in [6, 6.07) is 18.3. The number of nitro groups is 1. The van der Waals surface area contributed by atoms with Crippen molar-refractivity contribution in [2.24, 2.45) is 0 Å². The van der Waals surface area contributed by atoms with Crippen molar-refractivity contribution in [1.82, 2.24) is 0 Å². The number of halogens is 1. The van der Waals surface area contributed by atoms with Crippen LogP contribution in [0.3, 0.4) is 0 Å². The topological polar surface area (TPSA) is 104 Å². The maximum Gasteiger partial charge on any atom is 0.270 e. The zero-order chi connectivity index (χ0) is 19.4. The molecule has 1 heterocycles. The second kappa shape index (κ2) is 7.57. The van der Waals surface area contributed by atoms with Crippen LogP contribution in [0.2, 0.25) is 5.02 Å². The smallest absolute Gasteiger partial charge is 0.270 e. The summed E-state index contributed by atoms with van der Waals surface area (Å²) >= 11 is 6.12. The molecule has 7 heteroatoms. The van der Waals surface area contributed by atoms with E-state index in [1.807, 2.05) is 6.07 Å². The van der Waals surface area contributed by atoms with Gasteiger partial charge in [-0.2, -0.15) is 10.5 Å². The number of non-ortho nitro benzene ring substituents is 1. The van der Waals surface area contributed by atoms with Crippen LogP contribution in [0, 0.1) is 32.8 Å². The molecule has 6 nitrogen and oxygen atoms in total. The molecule has 0 aliphatic carbocycles. The monoisotopic (exact) mass is 375 g/mol. The Hall–Kier alpha value is -3.87. The summed E-state index contributed by atoms with van der Waals surface area (Å²) in [6.07, 6.45) is 1.55. The molecule has 0 atom stereocenters. The lowest BCUT2D eigenvalue weighted by Crippen LogP contribution is -1.88. The first-order valence-electron chi connectivity index (χ1n) is 7.68. The van der Waals surface area contributed by atoms with Crippen molar-refractivity contribution < 1.29 is 9.34 Å². The fourth-order valence-electron chi connectivity index (χ4n) is 2.47. The molecule has 0 saturated carbocycles. The number of nitriles is 2. The molecule has 0 unspecified atom stereocenters. The first kappa shape index (κ1) is 17.9. The third-order valence-electron chi connectivity index (χ3n) is 3.77. The molecule has 2 aromatic carbocycles. The van der Waals surface area contributed by atoms with E-state index >= 15 is 0 Å². The van der Waals surface area contributed by atoms with Gasteiger partial charge in [-0.25, -0.2) is 0 Å². The van der Waals surface area contributed by atoms with Gasteiger partial charge in [0.2, 0.25) is 0 Å².